The lowest BCUT2D eigenvalue weighted by atomic mass is 10.1. The Morgan fingerprint density at radius 2 is 1.85 bits per heavy atom. The fourth-order valence-electron chi connectivity index (χ4n) is 2.31. The summed E-state index contributed by atoms with van der Waals surface area (Å²) in [6, 6.07) is 15.6. The van der Waals surface area contributed by atoms with Crippen LogP contribution in [0.3, 0.4) is 0 Å². The van der Waals surface area contributed by atoms with Gasteiger partial charge in [-0.3, -0.25) is 4.79 Å². The minimum Gasteiger partial charge on any atom is -0.478 e. The standard InChI is InChI=1S/C19H13N3O3S/c1-20-16-15(13-5-3-2-4-6-13)21-19(22-17(16)23)26-11-12-7-9-14(10-8-12)18(24)25/h2-10H,11H2,(H,24,25)(H,21,22,23). The zero-order valence-corrected chi connectivity index (χ0v) is 14.3. The molecule has 6 nitrogen and oxygen atoms in total. The van der Waals surface area contributed by atoms with E-state index in [9.17, 15) is 9.59 Å². The number of thioether (sulfide) groups is 1. The normalized spacial score (nSPS) is 10.3. The Morgan fingerprint density at radius 1 is 1.15 bits per heavy atom. The maximum atomic E-state index is 12.2. The highest BCUT2D eigenvalue weighted by molar-refractivity contribution is 7.98. The smallest absolute Gasteiger partial charge is 0.335 e. The number of hydrogen-bond acceptors (Lipinski definition) is 4. The summed E-state index contributed by atoms with van der Waals surface area (Å²) in [6.07, 6.45) is 0. The molecule has 2 N–H and O–H groups in total. The highest BCUT2D eigenvalue weighted by atomic mass is 32.2. The molecule has 0 aliphatic carbocycles. The monoisotopic (exact) mass is 363 g/mol. The number of hydrogen-bond donors (Lipinski definition) is 2. The van der Waals surface area contributed by atoms with Gasteiger partial charge in [-0.05, 0) is 23.3 Å². The topological polar surface area (TPSA) is 87.4 Å². The Hall–Kier alpha value is -3.37. The van der Waals surface area contributed by atoms with Gasteiger partial charge < -0.3 is 10.1 Å². The predicted molar refractivity (Wildman–Crippen MR) is 99.5 cm³/mol. The van der Waals surface area contributed by atoms with Gasteiger partial charge in [-0.15, -0.1) is 0 Å². The number of carboxylic acid groups (broad SMARTS) is 1. The lowest BCUT2D eigenvalue weighted by Crippen LogP contribution is -2.09. The quantitative estimate of drug-likeness (QED) is 0.407. The second-order valence-corrected chi connectivity index (χ2v) is 6.30. The number of carboxylic acids is 1. The third-order valence-corrected chi connectivity index (χ3v) is 4.55. The summed E-state index contributed by atoms with van der Waals surface area (Å²) in [7, 11) is 0. The van der Waals surface area contributed by atoms with Crippen LogP contribution in [0.2, 0.25) is 0 Å². The Morgan fingerprint density at radius 3 is 2.46 bits per heavy atom. The highest BCUT2D eigenvalue weighted by Crippen LogP contribution is 2.28. The summed E-state index contributed by atoms with van der Waals surface area (Å²) in [6.45, 7) is 7.25. The van der Waals surface area contributed by atoms with Gasteiger partial charge in [0.1, 0.15) is 0 Å². The van der Waals surface area contributed by atoms with Gasteiger partial charge in [0.2, 0.25) is 0 Å². The predicted octanol–water partition coefficient (Wildman–Crippen LogP) is 3.98. The molecule has 26 heavy (non-hydrogen) atoms. The van der Waals surface area contributed by atoms with Gasteiger partial charge >= 0.3 is 5.97 Å². The molecule has 3 rings (SSSR count). The van der Waals surface area contributed by atoms with Crippen LogP contribution in [0.1, 0.15) is 15.9 Å². The summed E-state index contributed by atoms with van der Waals surface area (Å²) in [4.78, 5) is 33.5. The van der Waals surface area contributed by atoms with Crippen molar-refractivity contribution in [3.8, 4) is 11.3 Å². The van der Waals surface area contributed by atoms with Gasteiger partial charge in [-0.25, -0.2) is 14.6 Å². The summed E-state index contributed by atoms with van der Waals surface area (Å²) in [5.74, 6) is -0.466. The van der Waals surface area contributed by atoms with E-state index >= 15 is 0 Å². The van der Waals surface area contributed by atoms with E-state index in [-0.39, 0.29) is 11.3 Å². The third-order valence-electron chi connectivity index (χ3n) is 3.61. The van der Waals surface area contributed by atoms with Crippen LogP contribution < -0.4 is 5.56 Å². The molecule has 128 valence electrons. The minimum atomic E-state index is -0.975. The molecule has 0 aliphatic heterocycles. The molecule has 0 unspecified atom stereocenters. The molecule has 1 heterocycles. The van der Waals surface area contributed by atoms with Gasteiger partial charge in [-0.2, -0.15) is 0 Å². The number of H-pyrrole nitrogens is 1. The van der Waals surface area contributed by atoms with Crippen LogP contribution in [0.15, 0.2) is 64.5 Å². The van der Waals surface area contributed by atoms with Crippen LogP contribution in [0.5, 0.6) is 0 Å². The summed E-state index contributed by atoms with van der Waals surface area (Å²) >= 11 is 1.31. The van der Waals surface area contributed by atoms with Crippen molar-refractivity contribution in [1.29, 1.82) is 0 Å². The number of aromatic nitrogens is 2. The first-order valence-corrected chi connectivity index (χ1v) is 8.59. The van der Waals surface area contributed by atoms with E-state index in [1.807, 2.05) is 18.2 Å². The van der Waals surface area contributed by atoms with E-state index in [2.05, 4.69) is 14.8 Å². The molecule has 0 saturated heterocycles. The SMILES string of the molecule is [C-]#[N+]c1c(-c2ccccc2)nc(SCc2ccc(C(=O)O)cc2)[nH]c1=O. The average Bonchev–Trinajstić information content (AvgIpc) is 2.67. The maximum absolute atomic E-state index is 12.2. The molecule has 2 aromatic carbocycles. The lowest BCUT2D eigenvalue weighted by molar-refractivity contribution is 0.0697. The first kappa shape index (κ1) is 17.5. The van der Waals surface area contributed by atoms with E-state index in [0.29, 0.717) is 22.2 Å². The summed E-state index contributed by atoms with van der Waals surface area (Å²) in [5, 5.41) is 9.33. The van der Waals surface area contributed by atoms with Crippen LogP contribution in [0.25, 0.3) is 16.1 Å². The van der Waals surface area contributed by atoms with Crippen LogP contribution in [-0.4, -0.2) is 21.0 Å². The molecule has 1 aromatic heterocycles. The Labute approximate surface area is 153 Å². The number of benzene rings is 2. The molecule has 0 atom stereocenters. The molecule has 0 saturated carbocycles. The molecule has 0 radical (unpaired) electrons. The van der Waals surface area contributed by atoms with E-state index in [1.165, 1.54) is 23.9 Å². The zero-order valence-electron chi connectivity index (χ0n) is 13.5. The van der Waals surface area contributed by atoms with Crippen LogP contribution in [0.4, 0.5) is 5.69 Å². The van der Waals surface area contributed by atoms with E-state index < -0.39 is 11.5 Å². The first-order valence-electron chi connectivity index (χ1n) is 7.60. The zero-order chi connectivity index (χ0) is 18.5. The number of carbonyl (C=O) groups is 1. The van der Waals surface area contributed by atoms with E-state index in [1.54, 1.807) is 24.3 Å². The van der Waals surface area contributed by atoms with Crippen molar-refractivity contribution in [2.45, 2.75) is 10.9 Å². The highest BCUT2D eigenvalue weighted by Gasteiger charge is 2.14. The lowest BCUT2D eigenvalue weighted by Gasteiger charge is -2.07. The Balaban J connectivity index is 1.87. The third kappa shape index (κ3) is 3.82. The van der Waals surface area contributed by atoms with Crippen molar-refractivity contribution in [1.82, 2.24) is 9.97 Å². The fraction of sp³-hybridized carbons (Fsp3) is 0.0526. The largest absolute Gasteiger partial charge is 0.478 e. The van der Waals surface area contributed by atoms with E-state index in [0.717, 1.165) is 5.56 Å². The average molecular weight is 363 g/mol. The minimum absolute atomic E-state index is 0.0358. The molecule has 3 aromatic rings. The molecule has 0 aliphatic rings. The first-order chi connectivity index (χ1) is 12.6. The van der Waals surface area contributed by atoms with Gasteiger partial charge in [0.15, 0.2) is 5.16 Å². The fourth-order valence-corrected chi connectivity index (χ4v) is 3.13. The van der Waals surface area contributed by atoms with Crippen LogP contribution in [0, 0.1) is 6.57 Å². The van der Waals surface area contributed by atoms with Crippen molar-refractivity contribution in [2.75, 3.05) is 0 Å². The number of nitrogens with zero attached hydrogens (tertiary/aromatic N) is 2. The van der Waals surface area contributed by atoms with Gasteiger partial charge in [-0.1, -0.05) is 54.2 Å². The van der Waals surface area contributed by atoms with Crippen molar-refractivity contribution >= 4 is 23.4 Å². The molecule has 0 spiro atoms. The maximum Gasteiger partial charge on any atom is 0.335 e. The van der Waals surface area contributed by atoms with E-state index in [4.69, 9.17) is 11.7 Å². The Kier molecular flexibility index (Phi) is 5.15. The number of rotatable bonds is 5. The molecular formula is C19H13N3O3S. The summed E-state index contributed by atoms with van der Waals surface area (Å²) in [5.41, 5.74) is 1.67. The van der Waals surface area contributed by atoms with Crippen LogP contribution in [-0.2, 0) is 5.75 Å². The molecule has 0 fully saturated rings. The van der Waals surface area contributed by atoms with Gasteiger partial charge in [0, 0.05) is 5.75 Å². The van der Waals surface area contributed by atoms with Gasteiger partial charge in [0.25, 0.3) is 11.2 Å². The van der Waals surface area contributed by atoms with Crippen molar-refractivity contribution in [3.63, 3.8) is 0 Å². The number of aromatic carboxylic acids is 1. The molecule has 0 bridgehead atoms. The van der Waals surface area contributed by atoms with Crippen LogP contribution >= 0.6 is 11.8 Å². The Bertz CT molecular complexity index is 1040. The number of nitrogens with one attached hydrogen (secondary N) is 1. The summed E-state index contributed by atoms with van der Waals surface area (Å²) < 4.78 is 0. The second-order valence-electron chi connectivity index (χ2n) is 5.34. The molecule has 0 amide bonds. The molecular weight excluding hydrogens is 350 g/mol. The number of aromatic amines is 1. The van der Waals surface area contributed by atoms with Crippen molar-refractivity contribution in [2.24, 2.45) is 0 Å². The second kappa shape index (κ2) is 7.68. The van der Waals surface area contributed by atoms with Crippen molar-refractivity contribution < 1.29 is 9.90 Å². The molecule has 7 heteroatoms. The van der Waals surface area contributed by atoms with Gasteiger partial charge in [0.05, 0.1) is 17.8 Å². The van der Waals surface area contributed by atoms with Crippen molar-refractivity contribution in [3.05, 3.63) is 87.5 Å².